The number of nitrogens with zero attached hydrogens (tertiary/aromatic N) is 5. The van der Waals surface area contributed by atoms with Gasteiger partial charge in [-0.25, -0.2) is 4.68 Å². The van der Waals surface area contributed by atoms with E-state index in [0.717, 1.165) is 37.2 Å². The largest absolute Gasteiger partial charge is 0.338 e. The summed E-state index contributed by atoms with van der Waals surface area (Å²) in [5, 5.41) is 14.6. The van der Waals surface area contributed by atoms with E-state index in [1.165, 1.54) is 12.8 Å². The van der Waals surface area contributed by atoms with Crippen LogP contribution in [0.3, 0.4) is 0 Å². The number of benzene rings is 1. The van der Waals surface area contributed by atoms with Gasteiger partial charge in [0.2, 0.25) is 5.91 Å². The van der Waals surface area contributed by atoms with Gasteiger partial charge in [0.1, 0.15) is 6.33 Å². The summed E-state index contributed by atoms with van der Waals surface area (Å²) in [5.41, 5.74) is 1.92. The Morgan fingerprint density at radius 1 is 1.24 bits per heavy atom. The molecular weight excluding hydrogens is 340 g/mol. The summed E-state index contributed by atoms with van der Waals surface area (Å²) in [5.74, 6) is 0.237. The first kappa shape index (κ1) is 17.8. The molecule has 1 N–H and O–H groups in total. The molecule has 8 heteroatoms. The molecule has 2 aromatic rings. The average molecular weight is 363 g/mol. The van der Waals surface area contributed by atoms with Crippen LogP contribution < -0.4 is 5.32 Å². The third-order valence-electron chi connectivity index (χ3n) is 4.79. The smallest absolute Gasteiger partial charge is 0.227 e. The van der Waals surface area contributed by atoms with Crippen molar-refractivity contribution >= 4 is 18.3 Å². The average Bonchev–Trinajstić information content (AvgIpc) is 3.08. The van der Waals surface area contributed by atoms with Crippen molar-refractivity contribution in [1.82, 2.24) is 30.4 Å². The first-order chi connectivity index (χ1) is 11.8. The molecule has 1 aliphatic carbocycles. The van der Waals surface area contributed by atoms with Crippen LogP contribution >= 0.6 is 12.4 Å². The summed E-state index contributed by atoms with van der Waals surface area (Å²) in [7, 11) is 0. The van der Waals surface area contributed by atoms with Crippen molar-refractivity contribution in [1.29, 1.82) is 0 Å². The maximum absolute atomic E-state index is 12.8. The topological polar surface area (TPSA) is 75.9 Å². The predicted molar refractivity (Wildman–Crippen MR) is 95.9 cm³/mol. The molecule has 0 radical (unpaired) electrons. The molecule has 1 aromatic carbocycles. The molecule has 2 fully saturated rings. The van der Waals surface area contributed by atoms with Crippen LogP contribution in [0.1, 0.15) is 31.2 Å². The van der Waals surface area contributed by atoms with Gasteiger partial charge >= 0.3 is 0 Å². The lowest BCUT2D eigenvalue weighted by molar-refractivity contribution is -0.131. The van der Waals surface area contributed by atoms with E-state index in [1.54, 1.807) is 11.0 Å². The zero-order chi connectivity index (χ0) is 16.4. The van der Waals surface area contributed by atoms with Gasteiger partial charge in [-0.1, -0.05) is 12.1 Å². The van der Waals surface area contributed by atoms with E-state index in [-0.39, 0.29) is 18.3 Å². The van der Waals surface area contributed by atoms with Gasteiger partial charge < -0.3 is 10.2 Å². The summed E-state index contributed by atoms with van der Waals surface area (Å²) >= 11 is 0. The summed E-state index contributed by atoms with van der Waals surface area (Å²) in [6.45, 7) is 1.93. The van der Waals surface area contributed by atoms with Crippen molar-refractivity contribution in [3.05, 3.63) is 36.2 Å². The van der Waals surface area contributed by atoms with Gasteiger partial charge in [-0.3, -0.25) is 4.79 Å². The number of amides is 1. The van der Waals surface area contributed by atoms with Crippen LogP contribution in [-0.2, 0) is 11.2 Å². The molecule has 7 nitrogen and oxygen atoms in total. The number of rotatable bonds is 6. The van der Waals surface area contributed by atoms with Crippen molar-refractivity contribution in [3.63, 3.8) is 0 Å². The summed E-state index contributed by atoms with van der Waals surface area (Å²) in [6, 6.07) is 8.77. The maximum Gasteiger partial charge on any atom is 0.227 e. The SMILES string of the molecule is Cl.O=C(Cc1ccc(-n2cnnn2)cc1)N(CC1CCCN1)C1CC1. The lowest BCUT2D eigenvalue weighted by atomic mass is 10.1. The molecule has 1 atom stereocenters. The minimum atomic E-state index is 0. The second kappa shape index (κ2) is 7.93. The molecule has 0 spiro atoms. The van der Waals surface area contributed by atoms with E-state index in [9.17, 15) is 4.79 Å². The van der Waals surface area contributed by atoms with Gasteiger partial charge in [-0.2, -0.15) is 0 Å². The number of halogens is 1. The number of hydrogen-bond acceptors (Lipinski definition) is 5. The standard InChI is InChI=1S/C17H22N6O.ClH/c24-17(22(15-7-8-15)11-14-2-1-9-18-14)10-13-3-5-16(6-4-13)23-12-19-20-21-23;/h3-6,12,14-15,18H,1-2,7-11H2;1H. The van der Waals surface area contributed by atoms with Gasteiger partial charge in [-0.05, 0) is 60.4 Å². The number of hydrogen-bond donors (Lipinski definition) is 1. The Balaban J connectivity index is 0.00000182. The van der Waals surface area contributed by atoms with Crippen molar-refractivity contribution in [2.75, 3.05) is 13.1 Å². The molecule has 1 saturated carbocycles. The van der Waals surface area contributed by atoms with Gasteiger partial charge in [-0.15, -0.1) is 17.5 Å². The highest BCUT2D eigenvalue weighted by molar-refractivity contribution is 5.85. The second-order valence-electron chi connectivity index (χ2n) is 6.67. The van der Waals surface area contributed by atoms with Crippen LogP contribution in [-0.4, -0.2) is 56.2 Å². The van der Waals surface area contributed by atoms with Crippen LogP contribution in [0.2, 0.25) is 0 Å². The summed E-state index contributed by atoms with van der Waals surface area (Å²) < 4.78 is 1.61. The number of aromatic nitrogens is 4. The maximum atomic E-state index is 12.8. The number of nitrogens with one attached hydrogen (secondary N) is 1. The zero-order valence-electron chi connectivity index (χ0n) is 14.0. The van der Waals surface area contributed by atoms with Crippen LogP contribution in [0, 0.1) is 0 Å². The highest BCUT2D eigenvalue weighted by atomic mass is 35.5. The predicted octanol–water partition coefficient (Wildman–Crippen LogP) is 1.37. The highest BCUT2D eigenvalue weighted by Gasteiger charge is 2.34. The molecule has 134 valence electrons. The minimum Gasteiger partial charge on any atom is -0.338 e. The molecule has 1 amide bonds. The van der Waals surface area contributed by atoms with E-state index in [4.69, 9.17) is 0 Å². The van der Waals surface area contributed by atoms with Crippen LogP contribution in [0.15, 0.2) is 30.6 Å². The lowest BCUT2D eigenvalue weighted by Gasteiger charge is -2.26. The fourth-order valence-corrected chi connectivity index (χ4v) is 3.31. The van der Waals surface area contributed by atoms with E-state index < -0.39 is 0 Å². The summed E-state index contributed by atoms with van der Waals surface area (Å²) in [4.78, 5) is 14.9. The molecule has 1 unspecified atom stereocenters. The minimum absolute atomic E-state index is 0. The Hall–Kier alpha value is -1.99. The first-order valence-corrected chi connectivity index (χ1v) is 8.65. The van der Waals surface area contributed by atoms with Gasteiger partial charge in [0, 0.05) is 18.6 Å². The van der Waals surface area contributed by atoms with Gasteiger partial charge in [0.15, 0.2) is 0 Å². The Bertz CT molecular complexity index is 680. The van der Waals surface area contributed by atoms with E-state index >= 15 is 0 Å². The number of tetrazole rings is 1. The monoisotopic (exact) mass is 362 g/mol. The molecule has 25 heavy (non-hydrogen) atoms. The van der Waals surface area contributed by atoms with Crippen LogP contribution in [0.5, 0.6) is 0 Å². The van der Waals surface area contributed by atoms with E-state index in [2.05, 4.69) is 25.7 Å². The van der Waals surface area contributed by atoms with Crippen molar-refractivity contribution in [2.45, 2.75) is 44.2 Å². The van der Waals surface area contributed by atoms with Crippen molar-refractivity contribution in [3.8, 4) is 5.69 Å². The molecule has 2 aliphatic rings. The molecule has 1 aliphatic heterocycles. The first-order valence-electron chi connectivity index (χ1n) is 8.65. The van der Waals surface area contributed by atoms with Gasteiger partial charge in [0.05, 0.1) is 12.1 Å². The molecule has 4 rings (SSSR count). The molecule has 2 heterocycles. The fourth-order valence-electron chi connectivity index (χ4n) is 3.31. The lowest BCUT2D eigenvalue weighted by Crippen LogP contribution is -2.43. The highest BCUT2D eigenvalue weighted by Crippen LogP contribution is 2.28. The fraction of sp³-hybridized carbons (Fsp3) is 0.529. The van der Waals surface area contributed by atoms with Gasteiger partial charge in [0.25, 0.3) is 0 Å². The molecule has 0 bridgehead atoms. The Kier molecular flexibility index (Phi) is 5.65. The Labute approximate surface area is 153 Å². The molecule has 1 aromatic heterocycles. The Morgan fingerprint density at radius 2 is 2.04 bits per heavy atom. The molecular formula is C17H23ClN6O. The molecule has 1 saturated heterocycles. The third kappa shape index (κ3) is 4.35. The summed E-state index contributed by atoms with van der Waals surface area (Å²) in [6.07, 6.45) is 6.71. The van der Waals surface area contributed by atoms with E-state index in [0.29, 0.717) is 18.5 Å². The quantitative estimate of drug-likeness (QED) is 0.840. The van der Waals surface area contributed by atoms with Crippen molar-refractivity contribution < 1.29 is 4.79 Å². The number of carbonyl (C=O) groups excluding carboxylic acids is 1. The third-order valence-corrected chi connectivity index (χ3v) is 4.79. The zero-order valence-corrected chi connectivity index (χ0v) is 14.9. The van der Waals surface area contributed by atoms with E-state index in [1.807, 2.05) is 24.3 Å². The number of carbonyl (C=O) groups is 1. The van der Waals surface area contributed by atoms with Crippen molar-refractivity contribution in [2.24, 2.45) is 0 Å². The normalized spacial score (nSPS) is 19.4. The Morgan fingerprint density at radius 3 is 2.64 bits per heavy atom. The second-order valence-corrected chi connectivity index (χ2v) is 6.67. The van der Waals surface area contributed by atoms with Crippen LogP contribution in [0.4, 0.5) is 0 Å². The van der Waals surface area contributed by atoms with Crippen LogP contribution in [0.25, 0.3) is 5.69 Å².